The number of methoxy groups -OCH3 is 1. The molecule has 2 aromatic carbocycles. The molecule has 7 nitrogen and oxygen atoms in total. The second kappa shape index (κ2) is 8.51. The van der Waals surface area contributed by atoms with Gasteiger partial charge >= 0.3 is 6.03 Å². The van der Waals surface area contributed by atoms with Crippen molar-refractivity contribution in [1.29, 1.82) is 0 Å². The fourth-order valence-electron chi connectivity index (χ4n) is 2.89. The Labute approximate surface area is 161 Å². The molecule has 1 atom stereocenters. The van der Waals surface area contributed by atoms with E-state index < -0.39 is 23.8 Å². The average Bonchev–Trinajstić information content (AvgIpc) is 2.96. The van der Waals surface area contributed by atoms with Crippen molar-refractivity contribution in [1.82, 2.24) is 10.2 Å². The van der Waals surface area contributed by atoms with E-state index in [9.17, 15) is 18.8 Å². The summed E-state index contributed by atoms with van der Waals surface area (Å²) in [5, 5.41) is 5.04. The average molecular weight is 385 g/mol. The molecule has 2 N–H and O–H groups in total. The fraction of sp³-hybridized carbons (Fsp3) is 0.250. The van der Waals surface area contributed by atoms with E-state index in [-0.39, 0.29) is 31.0 Å². The van der Waals surface area contributed by atoms with Crippen molar-refractivity contribution in [3.05, 3.63) is 59.9 Å². The van der Waals surface area contributed by atoms with E-state index in [4.69, 9.17) is 4.74 Å². The highest BCUT2D eigenvalue weighted by atomic mass is 19.1. The molecule has 0 saturated carbocycles. The first kappa shape index (κ1) is 19.3. The molecule has 0 spiro atoms. The number of ether oxygens (including phenoxy) is 1. The lowest BCUT2D eigenvalue weighted by Gasteiger charge is -2.13. The molecule has 1 aliphatic heterocycles. The normalized spacial score (nSPS) is 16.1. The third-order valence-electron chi connectivity index (χ3n) is 4.41. The van der Waals surface area contributed by atoms with Crippen LogP contribution in [0.3, 0.4) is 0 Å². The number of nitrogens with one attached hydrogen (secondary N) is 2. The van der Waals surface area contributed by atoms with Crippen molar-refractivity contribution < 1.29 is 23.5 Å². The van der Waals surface area contributed by atoms with E-state index in [2.05, 4.69) is 10.6 Å². The summed E-state index contributed by atoms with van der Waals surface area (Å²) in [5.41, 5.74) is 0.859. The number of carbonyl (C=O) groups excluding carboxylic acids is 3. The summed E-state index contributed by atoms with van der Waals surface area (Å²) in [6.07, 6.45) is 0.103. The standard InChI is InChI=1S/C20H20FN3O4/c1-28-14-8-6-13(7-9-14)12-24-19(26)17(23-20(24)27)10-11-18(25)22-16-5-3-2-4-15(16)21/h2-9,17H,10-12H2,1H3,(H,22,25)(H,23,27). The van der Waals surface area contributed by atoms with Gasteiger partial charge in [0.2, 0.25) is 5.91 Å². The SMILES string of the molecule is COc1ccc(CN2C(=O)NC(CCC(=O)Nc3ccccc3F)C2=O)cc1. The Bertz CT molecular complexity index is 885. The van der Waals surface area contributed by atoms with Gasteiger partial charge < -0.3 is 15.4 Å². The Morgan fingerprint density at radius 2 is 1.89 bits per heavy atom. The first-order valence-corrected chi connectivity index (χ1v) is 8.77. The molecule has 0 bridgehead atoms. The quantitative estimate of drug-likeness (QED) is 0.718. The van der Waals surface area contributed by atoms with Gasteiger partial charge in [0.1, 0.15) is 17.6 Å². The molecule has 0 aromatic heterocycles. The number of nitrogens with zero attached hydrogens (tertiary/aromatic N) is 1. The van der Waals surface area contributed by atoms with Crippen LogP contribution in [0.4, 0.5) is 14.9 Å². The Morgan fingerprint density at radius 3 is 2.57 bits per heavy atom. The third-order valence-corrected chi connectivity index (χ3v) is 4.41. The van der Waals surface area contributed by atoms with E-state index in [1.807, 2.05) is 0 Å². The zero-order chi connectivity index (χ0) is 20.1. The van der Waals surface area contributed by atoms with E-state index in [0.717, 1.165) is 10.5 Å². The number of imide groups is 1. The van der Waals surface area contributed by atoms with Crippen molar-refractivity contribution in [2.24, 2.45) is 0 Å². The zero-order valence-corrected chi connectivity index (χ0v) is 15.3. The number of para-hydroxylation sites is 1. The van der Waals surface area contributed by atoms with Crippen molar-refractivity contribution in [2.75, 3.05) is 12.4 Å². The first-order chi connectivity index (χ1) is 13.5. The topological polar surface area (TPSA) is 87.7 Å². The number of hydrogen-bond donors (Lipinski definition) is 2. The molecule has 0 radical (unpaired) electrons. The number of benzene rings is 2. The minimum Gasteiger partial charge on any atom is -0.497 e. The molecule has 2 aromatic rings. The molecule has 1 aliphatic rings. The minimum atomic E-state index is -0.780. The van der Waals surface area contributed by atoms with Crippen molar-refractivity contribution >= 4 is 23.5 Å². The van der Waals surface area contributed by atoms with Gasteiger partial charge in [-0.2, -0.15) is 0 Å². The lowest BCUT2D eigenvalue weighted by Crippen LogP contribution is -2.31. The summed E-state index contributed by atoms with van der Waals surface area (Å²) < 4.78 is 18.7. The lowest BCUT2D eigenvalue weighted by molar-refractivity contribution is -0.128. The third kappa shape index (κ3) is 4.46. The summed E-state index contributed by atoms with van der Waals surface area (Å²) in [6.45, 7) is 0.132. The largest absolute Gasteiger partial charge is 0.497 e. The summed E-state index contributed by atoms with van der Waals surface area (Å²) in [7, 11) is 1.55. The molecule has 146 valence electrons. The monoisotopic (exact) mass is 385 g/mol. The molecule has 1 heterocycles. The number of hydrogen-bond acceptors (Lipinski definition) is 4. The van der Waals surface area contributed by atoms with Gasteiger partial charge in [0.25, 0.3) is 5.91 Å². The number of halogens is 1. The van der Waals surface area contributed by atoms with Crippen LogP contribution < -0.4 is 15.4 Å². The minimum absolute atomic E-state index is 0.0264. The summed E-state index contributed by atoms with van der Waals surface area (Å²) in [6, 6.07) is 11.6. The molecule has 1 unspecified atom stereocenters. The predicted molar refractivity (Wildman–Crippen MR) is 100 cm³/mol. The van der Waals surface area contributed by atoms with Crippen LogP contribution in [0.25, 0.3) is 0 Å². The van der Waals surface area contributed by atoms with Crippen LogP contribution in [0.5, 0.6) is 5.75 Å². The summed E-state index contributed by atoms with van der Waals surface area (Å²) in [5.74, 6) is -0.674. The molecule has 8 heteroatoms. The van der Waals surface area contributed by atoms with Crippen LogP contribution in [0.15, 0.2) is 48.5 Å². The molecular weight excluding hydrogens is 365 g/mol. The van der Waals surface area contributed by atoms with Crippen molar-refractivity contribution in [3.63, 3.8) is 0 Å². The molecular formula is C20H20FN3O4. The van der Waals surface area contributed by atoms with Crippen LogP contribution in [0, 0.1) is 5.82 Å². The number of rotatable bonds is 7. The van der Waals surface area contributed by atoms with E-state index >= 15 is 0 Å². The van der Waals surface area contributed by atoms with E-state index in [1.54, 1.807) is 37.4 Å². The van der Waals surface area contributed by atoms with Gasteiger partial charge in [-0.15, -0.1) is 0 Å². The van der Waals surface area contributed by atoms with Gasteiger partial charge in [-0.3, -0.25) is 14.5 Å². The smallest absolute Gasteiger partial charge is 0.325 e. The highest BCUT2D eigenvalue weighted by molar-refractivity contribution is 6.04. The maximum atomic E-state index is 13.6. The molecule has 28 heavy (non-hydrogen) atoms. The number of amides is 4. The van der Waals surface area contributed by atoms with Gasteiger partial charge in [0.05, 0.1) is 19.3 Å². The Kier molecular flexibility index (Phi) is 5.88. The molecule has 0 aliphatic carbocycles. The summed E-state index contributed by atoms with van der Waals surface area (Å²) >= 11 is 0. The maximum absolute atomic E-state index is 13.6. The zero-order valence-electron chi connectivity index (χ0n) is 15.3. The number of anilines is 1. The second-order valence-corrected chi connectivity index (χ2v) is 6.34. The van der Waals surface area contributed by atoms with Crippen LogP contribution in [-0.2, 0) is 16.1 Å². The van der Waals surface area contributed by atoms with Gasteiger partial charge in [-0.25, -0.2) is 9.18 Å². The second-order valence-electron chi connectivity index (χ2n) is 6.34. The van der Waals surface area contributed by atoms with Crippen LogP contribution in [-0.4, -0.2) is 35.9 Å². The highest BCUT2D eigenvalue weighted by Gasteiger charge is 2.37. The van der Waals surface area contributed by atoms with E-state index in [0.29, 0.717) is 5.75 Å². The van der Waals surface area contributed by atoms with Gasteiger partial charge in [-0.05, 0) is 36.2 Å². The van der Waals surface area contributed by atoms with Crippen molar-refractivity contribution in [2.45, 2.75) is 25.4 Å². The highest BCUT2D eigenvalue weighted by Crippen LogP contribution is 2.18. The van der Waals surface area contributed by atoms with Gasteiger partial charge in [0, 0.05) is 6.42 Å². The lowest BCUT2D eigenvalue weighted by atomic mass is 10.1. The van der Waals surface area contributed by atoms with E-state index in [1.165, 1.54) is 18.2 Å². The van der Waals surface area contributed by atoms with Crippen LogP contribution >= 0.6 is 0 Å². The molecule has 3 rings (SSSR count). The Morgan fingerprint density at radius 1 is 1.18 bits per heavy atom. The first-order valence-electron chi connectivity index (χ1n) is 8.77. The van der Waals surface area contributed by atoms with Gasteiger partial charge in [0.15, 0.2) is 0 Å². The number of carbonyl (C=O) groups is 3. The van der Waals surface area contributed by atoms with Crippen LogP contribution in [0.1, 0.15) is 18.4 Å². The fourth-order valence-corrected chi connectivity index (χ4v) is 2.89. The summed E-state index contributed by atoms with van der Waals surface area (Å²) in [4.78, 5) is 37.7. The maximum Gasteiger partial charge on any atom is 0.325 e. The van der Waals surface area contributed by atoms with Crippen LogP contribution in [0.2, 0.25) is 0 Å². The molecule has 1 fully saturated rings. The molecule has 1 saturated heterocycles. The number of urea groups is 1. The van der Waals surface area contributed by atoms with Crippen molar-refractivity contribution in [3.8, 4) is 5.75 Å². The Balaban J connectivity index is 1.54. The molecule has 4 amide bonds. The Hall–Kier alpha value is -3.42. The van der Waals surface area contributed by atoms with Gasteiger partial charge in [-0.1, -0.05) is 24.3 Å². The predicted octanol–water partition coefficient (Wildman–Crippen LogP) is 2.67.